The molecule has 1 amide bonds. The number of hydrogen-bond acceptors (Lipinski definition) is 3. The van der Waals surface area contributed by atoms with Gasteiger partial charge < -0.3 is 15.3 Å². The fourth-order valence-electron chi connectivity index (χ4n) is 2.27. The smallest absolute Gasteiger partial charge is 0.336 e. The van der Waals surface area contributed by atoms with Gasteiger partial charge in [0.2, 0.25) is 5.91 Å². The van der Waals surface area contributed by atoms with E-state index in [2.05, 4.69) is 26.1 Å². The van der Waals surface area contributed by atoms with Crippen molar-refractivity contribution in [3.8, 4) is 0 Å². The van der Waals surface area contributed by atoms with Gasteiger partial charge in [0.25, 0.3) is 0 Å². The Bertz CT molecular complexity index is 519. The standard InChI is InChI=1S/C13H15BrN2O3/c1-8(17)15-9-4-5-16(7-9)10-2-3-11(13(18)19)12(14)6-10/h2-3,6,9H,4-5,7H2,1H3,(H,15,17)(H,18,19). The maximum absolute atomic E-state index is 11.0. The molecule has 2 N–H and O–H groups in total. The number of halogens is 1. The molecule has 0 bridgehead atoms. The van der Waals surface area contributed by atoms with Gasteiger partial charge in [-0.1, -0.05) is 0 Å². The predicted octanol–water partition coefficient (Wildman–Crippen LogP) is 1.86. The molecule has 5 nitrogen and oxygen atoms in total. The molecule has 19 heavy (non-hydrogen) atoms. The molecular formula is C13H15BrN2O3. The lowest BCUT2D eigenvalue weighted by molar-refractivity contribution is -0.119. The molecule has 2 rings (SSSR count). The van der Waals surface area contributed by atoms with Crippen molar-refractivity contribution in [3.05, 3.63) is 28.2 Å². The van der Waals surface area contributed by atoms with Crippen molar-refractivity contribution in [2.45, 2.75) is 19.4 Å². The summed E-state index contributed by atoms with van der Waals surface area (Å²) in [4.78, 5) is 24.1. The minimum atomic E-state index is -0.948. The van der Waals surface area contributed by atoms with Gasteiger partial charge in [0.1, 0.15) is 0 Å². The van der Waals surface area contributed by atoms with Crippen LogP contribution in [0.5, 0.6) is 0 Å². The van der Waals surface area contributed by atoms with E-state index >= 15 is 0 Å². The maximum Gasteiger partial charge on any atom is 0.336 e. The lowest BCUT2D eigenvalue weighted by Gasteiger charge is -2.19. The maximum atomic E-state index is 11.0. The average molecular weight is 327 g/mol. The molecule has 102 valence electrons. The number of nitrogens with zero attached hydrogens (tertiary/aromatic N) is 1. The zero-order valence-electron chi connectivity index (χ0n) is 10.5. The topological polar surface area (TPSA) is 69.6 Å². The Morgan fingerprint density at radius 1 is 1.47 bits per heavy atom. The van der Waals surface area contributed by atoms with Crippen LogP contribution in [0, 0.1) is 0 Å². The van der Waals surface area contributed by atoms with E-state index < -0.39 is 5.97 Å². The summed E-state index contributed by atoms with van der Waals surface area (Å²) in [5, 5.41) is 11.9. The van der Waals surface area contributed by atoms with Crippen LogP contribution in [0.1, 0.15) is 23.7 Å². The molecule has 6 heteroatoms. The number of amides is 1. The van der Waals surface area contributed by atoms with Crippen LogP contribution < -0.4 is 10.2 Å². The number of carboxylic acid groups (broad SMARTS) is 1. The van der Waals surface area contributed by atoms with Crippen LogP contribution in [0.25, 0.3) is 0 Å². The Morgan fingerprint density at radius 3 is 2.79 bits per heavy atom. The molecular weight excluding hydrogens is 312 g/mol. The zero-order chi connectivity index (χ0) is 14.0. The number of carbonyl (C=O) groups is 2. The minimum absolute atomic E-state index is 0.0192. The Hall–Kier alpha value is -1.56. The van der Waals surface area contributed by atoms with E-state index in [0.29, 0.717) is 4.47 Å². The summed E-state index contributed by atoms with van der Waals surface area (Å²) in [6, 6.07) is 5.35. The second-order valence-corrected chi connectivity index (χ2v) is 5.46. The van der Waals surface area contributed by atoms with E-state index in [1.165, 1.54) is 6.92 Å². The van der Waals surface area contributed by atoms with Gasteiger partial charge in [-0.2, -0.15) is 0 Å². The number of carboxylic acids is 1. The molecule has 1 unspecified atom stereocenters. The minimum Gasteiger partial charge on any atom is -0.478 e. The second kappa shape index (κ2) is 5.61. The average Bonchev–Trinajstić information content (AvgIpc) is 2.75. The van der Waals surface area contributed by atoms with Crippen molar-refractivity contribution in [1.29, 1.82) is 0 Å². The first-order valence-electron chi connectivity index (χ1n) is 6.02. The molecule has 0 aromatic heterocycles. The Labute approximate surface area is 119 Å². The second-order valence-electron chi connectivity index (χ2n) is 4.60. The van der Waals surface area contributed by atoms with E-state index in [0.717, 1.165) is 25.2 Å². The normalized spacial score (nSPS) is 18.4. The molecule has 1 fully saturated rings. The van der Waals surface area contributed by atoms with E-state index in [4.69, 9.17) is 5.11 Å². The molecule has 1 saturated heterocycles. The largest absolute Gasteiger partial charge is 0.478 e. The van der Waals surface area contributed by atoms with Crippen LogP contribution in [-0.4, -0.2) is 36.1 Å². The van der Waals surface area contributed by atoms with Crippen molar-refractivity contribution >= 4 is 33.5 Å². The van der Waals surface area contributed by atoms with Crippen molar-refractivity contribution in [2.24, 2.45) is 0 Å². The molecule has 0 radical (unpaired) electrons. The molecule has 1 atom stereocenters. The highest BCUT2D eigenvalue weighted by atomic mass is 79.9. The Kier molecular flexibility index (Phi) is 4.09. The van der Waals surface area contributed by atoms with Crippen LogP contribution in [0.3, 0.4) is 0 Å². The summed E-state index contributed by atoms with van der Waals surface area (Å²) in [5.41, 5.74) is 1.21. The van der Waals surface area contributed by atoms with Gasteiger partial charge in [0.05, 0.1) is 5.56 Å². The molecule has 1 aliphatic heterocycles. The zero-order valence-corrected chi connectivity index (χ0v) is 12.1. The van der Waals surface area contributed by atoms with Gasteiger partial charge in [-0.25, -0.2) is 4.79 Å². The highest BCUT2D eigenvalue weighted by molar-refractivity contribution is 9.10. The first-order valence-corrected chi connectivity index (χ1v) is 6.81. The van der Waals surface area contributed by atoms with Crippen LogP contribution in [0.4, 0.5) is 5.69 Å². The molecule has 1 heterocycles. The lowest BCUT2D eigenvalue weighted by atomic mass is 10.2. The summed E-state index contributed by atoms with van der Waals surface area (Å²) in [6.45, 7) is 3.11. The third-order valence-corrected chi connectivity index (χ3v) is 3.80. The van der Waals surface area contributed by atoms with E-state index in [9.17, 15) is 9.59 Å². The summed E-state index contributed by atoms with van der Waals surface area (Å²) in [6.07, 6.45) is 0.901. The Morgan fingerprint density at radius 2 is 2.21 bits per heavy atom. The molecule has 0 saturated carbocycles. The van der Waals surface area contributed by atoms with Crippen LogP contribution in [0.2, 0.25) is 0 Å². The predicted molar refractivity (Wildman–Crippen MR) is 75.5 cm³/mol. The Balaban J connectivity index is 2.09. The van der Waals surface area contributed by atoms with E-state index in [1.807, 2.05) is 0 Å². The van der Waals surface area contributed by atoms with Crippen LogP contribution in [0.15, 0.2) is 22.7 Å². The van der Waals surface area contributed by atoms with Gasteiger partial charge in [-0.3, -0.25) is 4.79 Å². The van der Waals surface area contributed by atoms with Gasteiger partial charge in [0.15, 0.2) is 0 Å². The SMILES string of the molecule is CC(=O)NC1CCN(c2ccc(C(=O)O)c(Br)c2)C1. The summed E-state index contributed by atoms with van der Waals surface area (Å²) < 4.78 is 0.570. The van der Waals surface area contributed by atoms with Crippen molar-refractivity contribution in [3.63, 3.8) is 0 Å². The van der Waals surface area contributed by atoms with E-state index in [-0.39, 0.29) is 17.5 Å². The molecule has 0 spiro atoms. The highest BCUT2D eigenvalue weighted by Crippen LogP contribution is 2.26. The lowest BCUT2D eigenvalue weighted by Crippen LogP contribution is -2.35. The van der Waals surface area contributed by atoms with Gasteiger partial charge in [-0.05, 0) is 40.5 Å². The number of carbonyl (C=O) groups excluding carboxylic acids is 1. The summed E-state index contributed by atoms with van der Waals surface area (Å²) >= 11 is 3.27. The monoisotopic (exact) mass is 326 g/mol. The van der Waals surface area contributed by atoms with Crippen LogP contribution in [-0.2, 0) is 4.79 Å². The number of hydrogen-bond donors (Lipinski definition) is 2. The van der Waals surface area contributed by atoms with E-state index in [1.54, 1.807) is 18.2 Å². The number of nitrogens with one attached hydrogen (secondary N) is 1. The molecule has 1 aromatic carbocycles. The number of rotatable bonds is 3. The van der Waals surface area contributed by atoms with Gasteiger partial charge in [-0.15, -0.1) is 0 Å². The number of anilines is 1. The summed E-state index contributed by atoms with van der Waals surface area (Å²) in [5.74, 6) is -0.967. The highest BCUT2D eigenvalue weighted by Gasteiger charge is 2.23. The van der Waals surface area contributed by atoms with Crippen molar-refractivity contribution in [2.75, 3.05) is 18.0 Å². The molecule has 1 aliphatic rings. The molecule has 0 aliphatic carbocycles. The van der Waals surface area contributed by atoms with Crippen molar-refractivity contribution in [1.82, 2.24) is 5.32 Å². The quantitative estimate of drug-likeness (QED) is 0.889. The number of aromatic carboxylic acids is 1. The van der Waals surface area contributed by atoms with Crippen molar-refractivity contribution < 1.29 is 14.7 Å². The molecule has 1 aromatic rings. The number of benzene rings is 1. The third kappa shape index (κ3) is 3.26. The van der Waals surface area contributed by atoms with Gasteiger partial charge >= 0.3 is 5.97 Å². The third-order valence-electron chi connectivity index (χ3n) is 3.14. The first kappa shape index (κ1) is 13.9. The summed E-state index contributed by atoms with van der Waals surface area (Å²) in [7, 11) is 0. The van der Waals surface area contributed by atoms with Gasteiger partial charge in [0, 0.05) is 36.2 Å². The fraction of sp³-hybridized carbons (Fsp3) is 0.385. The fourth-order valence-corrected chi connectivity index (χ4v) is 2.81. The van der Waals surface area contributed by atoms with Crippen LogP contribution >= 0.6 is 15.9 Å². The first-order chi connectivity index (χ1) is 8.97.